The Balaban J connectivity index is 2.03. The first-order valence-corrected chi connectivity index (χ1v) is 7.57. The number of nitrogens with zero attached hydrogens (tertiary/aromatic N) is 2. The van der Waals surface area contributed by atoms with Crippen molar-refractivity contribution < 1.29 is 4.92 Å². The Bertz CT molecular complexity index is 461. The molecule has 0 radical (unpaired) electrons. The minimum Gasteiger partial charge on any atom is -0.376 e. The molecule has 0 amide bonds. The topological polar surface area (TPSA) is 58.4 Å². The number of likely N-dealkylation sites (tertiary alicyclic amines) is 1. The van der Waals surface area contributed by atoms with Gasteiger partial charge in [0.15, 0.2) is 0 Å². The average Bonchev–Trinajstić information content (AvgIpc) is 2.83. The fraction of sp³-hybridized carbons (Fsp3) is 0.538. The number of hydrogen-bond donors (Lipinski definition) is 1. The van der Waals surface area contributed by atoms with E-state index < -0.39 is 0 Å². The summed E-state index contributed by atoms with van der Waals surface area (Å²) in [4.78, 5) is 13.1. The molecule has 1 aromatic carbocycles. The van der Waals surface area contributed by atoms with Crippen LogP contribution in [-0.2, 0) is 0 Å². The third-order valence-corrected chi connectivity index (χ3v) is 3.96. The molecule has 1 fully saturated rings. The van der Waals surface area contributed by atoms with Crippen LogP contribution in [0.25, 0.3) is 0 Å². The van der Waals surface area contributed by atoms with Crippen molar-refractivity contribution in [3.05, 3.63) is 31.9 Å². The molecule has 0 aliphatic carbocycles. The second kappa shape index (κ2) is 6.51. The van der Waals surface area contributed by atoms with E-state index in [1.807, 2.05) is 6.07 Å². The van der Waals surface area contributed by atoms with Crippen LogP contribution in [0.15, 0.2) is 18.2 Å². The second-order valence-corrected chi connectivity index (χ2v) is 6.22. The van der Waals surface area contributed by atoms with Gasteiger partial charge in [-0.2, -0.15) is 0 Å². The molecule has 1 atom stereocenters. The second-order valence-electron chi connectivity index (χ2n) is 4.97. The summed E-state index contributed by atoms with van der Waals surface area (Å²) in [7, 11) is 0. The summed E-state index contributed by atoms with van der Waals surface area (Å²) in [6.07, 6.45) is 2.52. The highest BCUT2D eigenvalue weighted by atomic mass is 127. The number of nitro benzene ring substituents is 1. The highest BCUT2D eigenvalue weighted by molar-refractivity contribution is 14.1. The zero-order valence-corrected chi connectivity index (χ0v) is 13.1. The van der Waals surface area contributed by atoms with Crippen LogP contribution < -0.4 is 5.32 Å². The third kappa shape index (κ3) is 4.04. The highest BCUT2D eigenvalue weighted by Gasteiger charge is 2.18. The van der Waals surface area contributed by atoms with E-state index in [2.05, 4.69) is 39.7 Å². The van der Waals surface area contributed by atoms with Gasteiger partial charge in [0.2, 0.25) is 0 Å². The zero-order chi connectivity index (χ0) is 13.8. The van der Waals surface area contributed by atoms with Crippen LogP contribution >= 0.6 is 22.6 Å². The molecule has 1 heterocycles. The SMILES string of the molecule is CC(CN1CCCC1)Nc1ccc(I)cc1[N+](=O)[O-]. The van der Waals surface area contributed by atoms with Crippen molar-refractivity contribution in [2.24, 2.45) is 0 Å². The summed E-state index contributed by atoms with van der Waals surface area (Å²) < 4.78 is 0.877. The number of halogens is 1. The standard InChI is InChI=1S/C13H18IN3O2/c1-10(9-16-6-2-3-7-16)15-12-5-4-11(14)8-13(12)17(18)19/h4-5,8,10,15H,2-3,6-7,9H2,1H3. The van der Waals surface area contributed by atoms with Crippen molar-refractivity contribution in [1.29, 1.82) is 0 Å². The molecule has 0 aromatic heterocycles. The quantitative estimate of drug-likeness (QED) is 0.488. The van der Waals surface area contributed by atoms with Crippen molar-refractivity contribution in [3.63, 3.8) is 0 Å². The molecule has 104 valence electrons. The van der Waals surface area contributed by atoms with Gasteiger partial charge in [0, 0.05) is 22.2 Å². The first-order valence-electron chi connectivity index (χ1n) is 6.49. The molecule has 0 spiro atoms. The number of hydrogen-bond acceptors (Lipinski definition) is 4. The van der Waals surface area contributed by atoms with Gasteiger partial charge in [0.25, 0.3) is 5.69 Å². The largest absolute Gasteiger partial charge is 0.376 e. The molecule has 19 heavy (non-hydrogen) atoms. The summed E-state index contributed by atoms with van der Waals surface area (Å²) in [5.74, 6) is 0. The Morgan fingerprint density at radius 1 is 1.47 bits per heavy atom. The maximum atomic E-state index is 11.1. The molecule has 0 saturated carbocycles. The van der Waals surface area contributed by atoms with Crippen molar-refractivity contribution >= 4 is 34.0 Å². The summed E-state index contributed by atoms with van der Waals surface area (Å²) in [5.41, 5.74) is 0.761. The average molecular weight is 375 g/mol. The predicted octanol–water partition coefficient (Wildman–Crippen LogP) is 3.10. The van der Waals surface area contributed by atoms with E-state index in [0.717, 1.165) is 23.2 Å². The smallest absolute Gasteiger partial charge is 0.293 e. The number of nitro groups is 1. The van der Waals surface area contributed by atoms with Crippen LogP contribution in [0, 0.1) is 13.7 Å². The lowest BCUT2D eigenvalue weighted by Crippen LogP contribution is -2.33. The van der Waals surface area contributed by atoms with E-state index >= 15 is 0 Å². The van der Waals surface area contributed by atoms with Crippen LogP contribution in [-0.4, -0.2) is 35.5 Å². The van der Waals surface area contributed by atoms with Crippen molar-refractivity contribution in [2.75, 3.05) is 25.0 Å². The molecule has 6 heteroatoms. The normalized spacial score (nSPS) is 17.4. The van der Waals surface area contributed by atoms with E-state index in [9.17, 15) is 10.1 Å². The van der Waals surface area contributed by atoms with Gasteiger partial charge in [-0.05, 0) is 67.6 Å². The van der Waals surface area contributed by atoms with Gasteiger partial charge in [-0.1, -0.05) is 0 Å². The Kier molecular flexibility index (Phi) is 4.98. The zero-order valence-electron chi connectivity index (χ0n) is 10.9. The van der Waals surface area contributed by atoms with Gasteiger partial charge in [-0.25, -0.2) is 0 Å². The minimum atomic E-state index is -0.326. The summed E-state index contributed by atoms with van der Waals surface area (Å²) in [6.45, 7) is 5.28. The van der Waals surface area contributed by atoms with E-state index in [1.54, 1.807) is 12.1 Å². The van der Waals surface area contributed by atoms with Gasteiger partial charge < -0.3 is 10.2 Å². The Hall–Kier alpha value is -0.890. The van der Waals surface area contributed by atoms with E-state index in [4.69, 9.17) is 0 Å². The lowest BCUT2D eigenvalue weighted by atomic mass is 10.2. The van der Waals surface area contributed by atoms with E-state index in [-0.39, 0.29) is 16.7 Å². The van der Waals surface area contributed by atoms with Crippen LogP contribution in [0.3, 0.4) is 0 Å². The number of anilines is 1. The molecule has 2 rings (SSSR count). The molecule has 0 bridgehead atoms. The molecule has 1 N–H and O–H groups in total. The minimum absolute atomic E-state index is 0.153. The number of nitrogens with one attached hydrogen (secondary N) is 1. The van der Waals surface area contributed by atoms with Gasteiger partial charge in [0.1, 0.15) is 5.69 Å². The summed E-state index contributed by atoms with van der Waals surface area (Å²) in [6, 6.07) is 5.49. The summed E-state index contributed by atoms with van der Waals surface area (Å²) in [5, 5.41) is 14.3. The number of rotatable bonds is 5. The van der Waals surface area contributed by atoms with Crippen LogP contribution in [0.5, 0.6) is 0 Å². The summed E-state index contributed by atoms with van der Waals surface area (Å²) >= 11 is 2.09. The van der Waals surface area contributed by atoms with Gasteiger partial charge in [0.05, 0.1) is 4.92 Å². The first-order chi connectivity index (χ1) is 9.06. The molecule has 1 aliphatic heterocycles. The number of benzene rings is 1. The van der Waals surface area contributed by atoms with Gasteiger partial charge >= 0.3 is 0 Å². The van der Waals surface area contributed by atoms with Crippen LogP contribution in [0.1, 0.15) is 19.8 Å². The van der Waals surface area contributed by atoms with E-state index in [0.29, 0.717) is 5.69 Å². The first kappa shape index (κ1) is 14.5. The lowest BCUT2D eigenvalue weighted by molar-refractivity contribution is -0.384. The van der Waals surface area contributed by atoms with Crippen LogP contribution in [0.2, 0.25) is 0 Å². The fourth-order valence-corrected chi connectivity index (χ4v) is 2.92. The predicted molar refractivity (Wildman–Crippen MR) is 84.6 cm³/mol. The maximum Gasteiger partial charge on any atom is 0.293 e. The molecule has 1 aliphatic rings. The van der Waals surface area contributed by atoms with Crippen molar-refractivity contribution in [3.8, 4) is 0 Å². The monoisotopic (exact) mass is 375 g/mol. The molecule has 5 nitrogen and oxygen atoms in total. The molecular formula is C13H18IN3O2. The van der Waals surface area contributed by atoms with E-state index in [1.165, 1.54) is 12.8 Å². The molecule has 1 aromatic rings. The Morgan fingerprint density at radius 3 is 2.79 bits per heavy atom. The molecule has 1 unspecified atom stereocenters. The Morgan fingerprint density at radius 2 is 2.16 bits per heavy atom. The lowest BCUT2D eigenvalue weighted by Gasteiger charge is -2.22. The van der Waals surface area contributed by atoms with Gasteiger partial charge in [-0.3, -0.25) is 10.1 Å². The van der Waals surface area contributed by atoms with Crippen LogP contribution in [0.4, 0.5) is 11.4 Å². The van der Waals surface area contributed by atoms with Gasteiger partial charge in [-0.15, -0.1) is 0 Å². The van der Waals surface area contributed by atoms with Crippen molar-refractivity contribution in [2.45, 2.75) is 25.8 Å². The molecule has 1 saturated heterocycles. The maximum absolute atomic E-state index is 11.1. The Labute approximate surface area is 126 Å². The van der Waals surface area contributed by atoms with Crippen molar-refractivity contribution in [1.82, 2.24) is 4.90 Å². The third-order valence-electron chi connectivity index (χ3n) is 3.29. The fourth-order valence-electron chi connectivity index (χ4n) is 2.44. The molecular weight excluding hydrogens is 357 g/mol. The highest BCUT2D eigenvalue weighted by Crippen LogP contribution is 2.27.